The second kappa shape index (κ2) is 7.90. The Bertz CT molecular complexity index is 410. The molecular weight excluding hydrogens is 248 g/mol. The van der Waals surface area contributed by atoms with Gasteiger partial charge in [-0.05, 0) is 38.4 Å². The van der Waals surface area contributed by atoms with E-state index in [0.29, 0.717) is 6.04 Å². The number of benzene rings is 1. The smallest absolute Gasteiger partial charge is 0.191 e. The minimum Gasteiger partial charge on any atom is -0.357 e. The quantitative estimate of drug-likeness (QED) is 0.637. The average molecular weight is 274 g/mol. The van der Waals surface area contributed by atoms with Crippen molar-refractivity contribution in [2.45, 2.75) is 25.8 Å². The van der Waals surface area contributed by atoms with Gasteiger partial charge in [0.1, 0.15) is 0 Å². The van der Waals surface area contributed by atoms with Crippen LogP contribution < -0.4 is 10.6 Å². The molecule has 4 heteroatoms. The summed E-state index contributed by atoms with van der Waals surface area (Å²) in [7, 11) is 1.82. The van der Waals surface area contributed by atoms with Gasteiger partial charge in [0.2, 0.25) is 0 Å². The van der Waals surface area contributed by atoms with E-state index in [-0.39, 0.29) is 0 Å². The maximum Gasteiger partial charge on any atom is 0.191 e. The Morgan fingerprint density at radius 3 is 2.50 bits per heavy atom. The highest BCUT2D eigenvalue weighted by Crippen LogP contribution is 2.24. The molecule has 0 bridgehead atoms. The van der Waals surface area contributed by atoms with Crippen LogP contribution in [0.15, 0.2) is 35.3 Å². The standard InChI is InChI=1S/C16H26N4/c1-3-18-16(17-2)19-13-15(20-11-7-8-12-20)14-9-5-4-6-10-14/h4-6,9-10,15H,3,7-8,11-13H2,1-2H3,(H2,17,18,19). The lowest BCUT2D eigenvalue weighted by Gasteiger charge is -2.28. The monoisotopic (exact) mass is 274 g/mol. The van der Waals surface area contributed by atoms with Gasteiger partial charge in [-0.25, -0.2) is 0 Å². The lowest BCUT2D eigenvalue weighted by Crippen LogP contribution is -2.42. The van der Waals surface area contributed by atoms with Gasteiger partial charge in [0.15, 0.2) is 5.96 Å². The first-order chi connectivity index (χ1) is 9.85. The van der Waals surface area contributed by atoms with Crippen molar-refractivity contribution >= 4 is 5.96 Å². The van der Waals surface area contributed by atoms with Crippen LogP contribution in [0.3, 0.4) is 0 Å². The van der Waals surface area contributed by atoms with Gasteiger partial charge in [-0.1, -0.05) is 30.3 Å². The van der Waals surface area contributed by atoms with Crippen LogP contribution in [0.2, 0.25) is 0 Å². The molecule has 0 aliphatic carbocycles. The zero-order valence-electron chi connectivity index (χ0n) is 12.6. The number of rotatable bonds is 5. The Kier molecular flexibility index (Phi) is 5.87. The predicted octanol–water partition coefficient (Wildman–Crippen LogP) is 2.01. The Hall–Kier alpha value is -1.55. The Morgan fingerprint density at radius 2 is 1.90 bits per heavy atom. The molecule has 1 heterocycles. The molecule has 0 spiro atoms. The van der Waals surface area contributed by atoms with Crippen LogP contribution in [-0.4, -0.2) is 44.1 Å². The van der Waals surface area contributed by atoms with E-state index < -0.39 is 0 Å². The molecule has 1 atom stereocenters. The number of aliphatic imine (C=N–C) groups is 1. The lowest BCUT2D eigenvalue weighted by molar-refractivity contribution is 0.245. The summed E-state index contributed by atoms with van der Waals surface area (Å²) in [5, 5.41) is 6.69. The Balaban J connectivity index is 2.03. The molecule has 1 aliphatic rings. The van der Waals surface area contributed by atoms with Crippen LogP contribution in [0.4, 0.5) is 0 Å². The first-order valence-electron chi connectivity index (χ1n) is 7.58. The highest BCUT2D eigenvalue weighted by Gasteiger charge is 2.23. The normalized spacial score (nSPS) is 18.0. The van der Waals surface area contributed by atoms with Gasteiger partial charge in [0.05, 0.1) is 6.04 Å². The van der Waals surface area contributed by atoms with Crippen molar-refractivity contribution in [3.05, 3.63) is 35.9 Å². The second-order valence-corrected chi connectivity index (χ2v) is 5.15. The zero-order chi connectivity index (χ0) is 14.2. The van der Waals surface area contributed by atoms with Gasteiger partial charge >= 0.3 is 0 Å². The van der Waals surface area contributed by atoms with Crippen LogP contribution in [-0.2, 0) is 0 Å². The van der Waals surface area contributed by atoms with Gasteiger partial charge in [0, 0.05) is 20.1 Å². The summed E-state index contributed by atoms with van der Waals surface area (Å²) >= 11 is 0. The molecule has 1 aromatic rings. The SMILES string of the molecule is CCNC(=NC)NCC(c1ccccc1)N1CCCC1. The van der Waals surface area contributed by atoms with Crippen molar-refractivity contribution in [1.82, 2.24) is 15.5 Å². The molecule has 2 N–H and O–H groups in total. The van der Waals surface area contributed by atoms with Gasteiger partial charge in [-0.3, -0.25) is 9.89 Å². The number of nitrogens with one attached hydrogen (secondary N) is 2. The van der Waals surface area contributed by atoms with Gasteiger partial charge in [-0.15, -0.1) is 0 Å². The average Bonchev–Trinajstić information content (AvgIpc) is 3.01. The topological polar surface area (TPSA) is 39.7 Å². The molecule has 1 fully saturated rings. The summed E-state index contributed by atoms with van der Waals surface area (Å²) < 4.78 is 0. The van der Waals surface area contributed by atoms with Crippen molar-refractivity contribution in [3.8, 4) is 0 Å². The van der Waals surface area contributed by atoms with E-state index in [0.717, 1.165) is 19.0 Å². The van der Waals surface area contributed by atoms with E-state index in [2.05, 4.69) is 57.8 Å². The van der Waals surface area contributed by atoms with Crippen molar-refractivity contribution in [2.75, 3.05) is 33.2 Å². The van der Waals surface area contributed by atoms with Gasteiger partial charge in [0.25, 0.3) is 0 Å². The highest BCUT2D eigenvalue weighted by molar-refractivity contribution is 5.79. The third-order valence-corrected chi connectivity index (χ3v) is 3.80. The molecule has 0 amide bonds. The fraction of sp³-hybridized carbons (Fsp3) is 0.562. The molecule has 1 aromatic carbocycles. The first-order valence-corrected chi connectivity index (χ1v) is 7.58. The molecule has 0 radical (unpaired) electrons. The molecule has 1 aliphatic heterocycles. The van der Waals surface area contributed by atoms with E-state index in [4.69, 9.17) is 0 Å². The minimum absolute atomic E-state index is 0.425. The summed E-state index contributed by atoms with van der Waals surface area (Å²) in [4.78, 5) is 6.82. The Morgan fingerprint density at radius 1 is 1.20 bits per heavy atom. The fourth-order valence-electron chi connectivity index (χ4n) is 2.77. The summed E-state index contributed by atoms with van der Waals surface area (Å²) in [5.41, 5.74) is 1.38. The van der Waals surface area contributed by atoms with E-state index >= 15 is 0 Å². The van der Waals surface area contributed by atoms with Crippen LogP contribution in [0.25, 0.3) is 0 Å². The maximum absolute atomic E-state index is 4.25. The molecular formula is C16H26N4. The summed E-state index contributed by atoms with van der Waals surface area (Å²) in [6.07, 6.45) is 2.62. The minimum atomic E-state index is 0.425. The lowest BCUT2D eigenvalue weighted by atomic mass is 10.1. The number of hydrogen-bond acceptors (Lipinski definition) is 2. The number of nitrogens with zero attached hydrogens (tertiary/aromatic N) is 2. The van der Waals surface area contributed by atoms with Gasteiger partial charge in [-0.2, -0.15) is 0 Å². The zero-order valence-corrected chi connectivity index (χ0v) is 12.6. The summed E-state index contributed by atoms with van der Waals surface area (Å²) in [6.45, 7) is 6.26. The van der Waals surface area contributed by atoms with Crippen molar-refractivity contribution in [1.29, 1.82) is 0 Å². The number of likely N-dealkylation sites (tertiary alicyclic amines) is 1. The second-order valence-electron chi connectivity index (χ2n) is 5.15. The predicted molar refractivity (Wildman–Crippen MR) is 85.0 cm³/mol. The molecule has 20 heavy (non-hydrogen) atoms. The van der Waals surface area contributed by atoms with E-state index in [1.54, 1.807) is 0 Å². The molecule has 0 aromatic heterocycles. The van der Waals surface area contributed by atoms with E-state index in [1.165, 1.54) is 31.5 Å². The van der Waals surface area contributed by atoms with Crippen molar-refractivity contribution in [2.24, 2.45) is 4.99 Å². The molecule has 4 nitrogen and oxygen atoms in total. The first kappa shape index (κ1) is 14.9. The van der Waals surface area contributed by atoms with Crippen LogP contribution in [0.1, 0.15) is 31.4 Å². The molecule has 110 valence electrons. The van der Waals surface area contributed by atoms with E-state index in [1.807, 2.05) is 7.05 Å². The highest BCUT2D eigenvalue weighted by atomic mass is 15.2. The molecule has 1 saturated heterocycles. The van der Waals surface area contributed by atoms with Crippen molar-refractivity contribution < 1.29 is 0 Å². The number of hydrogen-bond donors (Lipinski definition) is 2. The fourth-order valence-corrected chi connectivity index (χ4v) is 2.77. The largest absolute Gasteiger partial charge is 0.357 e. The third-order valence-electron chi connectivity index (χ3n) is 3.80. The van der Waals surface area contributed by atoms with E-state index in [9.17, 15) is 0 Å². The number of guanidine groups is 1. The third kappa shape index (κ3) is 3.97. The van der Waals surface area contributed by atoms with Crippen molar-refractivity contribution in [3.63, 3.8) is 0 Å². The van der Waals surface area contributed by atoms with Crippen LogP contribution in [0, 0.1) is 0 Å². The van der Waals surface area contributed by atoms with Gasteiger partial charge < -0.3 is 10.6 Å². The molecule has 0 saturated carbocycles. The molecule has 1 unspecified atom stereocenters. The van der Waals surface area contributed by atoms with Crippen LogP contribution >= 0.6 is 0 Å². The molecule has 2 rings (SSSR count). The van der Waals surface area contributed by atoms with Crippen LogP contribution in [0.5, 0.6) is 0 Å². The summed E-state index contributed by atoms with van der Waals surface area (Å²) in [5.74, 6) is 0.882. The summed E-state index contributed by atoms with van der Waals surface area (Å²) in [6, 6.07) is 11.2. The Labute approximate surface area is 122 Å². The maximum atomic E-state index is 4.25.